The Hall–Kier alpha value is -2.28. The lowest BCUT2D eigenvalue weighted by Crippen LogP contribution is -2.49. The minimum atomic E-state index is -0.375. The maximum Gasteiger partial charge on any atom is 0.414 e. The van der Waals surface area contributed by atoms with Gasteiger partial charge in [-0.2, -0.15) is 0 Å². The Morgan fingerprint density at radius 1 is 1.03 bits per heavy atom. The van der Waals surface area contributed by atoms with Gasteiger partial charge in [0.2, 0.25) is 5.88 Å². The van der Waals surface area contributed by atoms with Gasteiger partial charge in [0.25, 0.3) is 0 Å². The average molecular weight is 398 g/mol. The third kappa shape index (κ3) is 4.20. The zero-order chi connectivity index (χ0) is 19.6. The van der Waals surface area contributed by atoms with Crippen molar-refractivity contribution in [2.45, 2.75) is 63.5 Å². The zero-order valence-corrected chi connectivity index (χ0v) is 17.0. The van der Waals surface area contributed by atoms with Crippen LogP contribution in [0.15, 0.2) is 18.3 Å². The molecule has 3 heterocycles. The lowest BCUT2D eigenvalue weighted by atomic mass is 10.2. The number of piperazine rings is 1. The van der Waals surface area contributed by atoms with E-state index < -0.39 is 0 Å². The van der Waals surface area contributed by atoms with Crippen molar-refractivity contribution in [3.63, 3.8) is 0 Å². The van der Waals surface area contributed by atoms with Crippen molar-refractivity contribution in [3.8, 4) is 5.88 Å². The van der Waals surface area contributed by atoms with Gasteiger partial charge < -0.3 is 19.9 Å². The van der Waals surface area contributed by atoms with Crippen molar-refractivity contribution in [2.75, 3.05) is 31.1 Å². The van der Waals surface area contributed by atoms with Gasteiger partial charge in [0.15, 0.2) is 0 Å². The Kier molecular flexibility index (Phi) is 5.31. The Labute approximate surface area is 171 Å². The Morgan fingerprint density at radius 2 is 1.76 bits per heavy atom. The highest BCUT2D eigenvalue weighted by molar-refractivity contribution is 5.84. The van der Waals surface area contributed by atoms with E-state index in [0.717, 1.165) is 61.8 Å². The largest absolute Gasteiger partial charge is 0.414 e. The second-order valence-corrected chi connectivity index (χ2v) is 8.74. The molecule has 2 aromatic heterocycles. The second kappa shape index (κ2) is 8.22. The molecule has 1 saturated heterocycles. The molecule has 2 N–H and O–H groups in total. The summed E-state index contributed by atoms with van der Waals surface area (Å²) in [6, 6.07) is 5.04. The molecule has 2 aliphatic carbocycles. The first-order chi connectivity index (χ1) is 14.2. The van der Waals surface area contributed by atoms with E-state index in [2.05, 4.69) is 31.2 Å². The number of ether oxygens (including phenoxy) is 1. The highest BCUT2D eigenvalue weighted by atomic mass is 16.6. The normalized spacial score (nSPS) is 21.9. The van der Waals surface area contributed by atoms with Crippen LogP contribution in [0.4, 0.5) is 10.6 Å². The number of amides is 1. The molecule has 7 heteroatoms. The summed E-state index contributed by atoms with van der Waals surface area (Å²) in [6.07, 6.45) is 11.4. The zero-order valence-electron chi connectivity index (χ0n) is 17.0. The number of carbonyl (C=O) groups excluding carboxylic acids is 1. The van der Waals surface area contributed by atoms with Gasteiger partial charge in [0.05, 0.1) is 11.7 Å². The van der Waals surface area contributed by atoms with Crippen LogP contribution in [-0.2, 0) is 0 Å². The number of anilines is 1. The van der Waals surface area contributed by atoms with Crippen LogP contribution in [0.1, 0.15) is 51.4 Å². The molecular formula is C22H31N5O2. The standard InChI is InChI=1S/C22H31N5O2/c28-22(24-17-5-1-2-6-17)29-21-14-16-13-20(23-15-19(16)25-21)27-11-9-26(10-12-27)18-7-3-4-8-18/h13-15,17-18,25H,1-12H2,(H,24,28). The molecule has 0 spiro atoms. The molecule has 0 atom stereocenters. The topological polar surface area (TPSA) is 73.5 Å². The first kappa shape index (κ1) is 18.7. The van der Waals surface area contributed by atoms with Crippen LogP contribution in [-0.4, -0.2) is 59.2 Å². The number of nitrogens with one attached hydrogen (secondary N) is 2. The van der Waals surface area contributed by atoms with Crippen molar-refractivity contribution in [1.82, 2.24) is 20.2 Å². The van der Waals surface area contributed by atoms with Crippen LogP contribution in [0.25, 0.3) is 10.9 Å². The predicted octanol–water partition coefficient (Wildman–Crippen LogP) is 3.66. The molecule has 3 fully saturated rings. The van der Waals surface area contributed by atoms with Gasteiger partial charge >= 0.3 is 6.09 Å². The fourth-order valence-corrected chi connectivity index (χ4v) is 5.17. The van der Waals surface area contributed by atoms with Crippen LogP contribution in [0.5, 0.6) is 5.88 Å². The number of pyridine rings is 1. The Bertz CT molecular complexity index is 846. The maximum atomic E-state index is 12.1. The smallest absolute Gasteiger partial charge is 0.393 e. The average Bonchev–Trinajstić information content (AvgIpc) is 3.49. The number of fused-ring (bicyclic) bond motifs is 1. The molecule has 1 aliphatic heterocycles. The number of aromatic amines is 1. The highest BCUT2D eigenvalue weighted by Gasteiger charge is 2.26. The molecule has 0 aromatic carbocycles. The van der Waals surface area contributed by atoms with Gasteiger partial charge in [-0.05, 0) is 31.7 Å². The van der Waals surface area contributed by atoms with E-state index in [0.29, 0.717) is 5.88 Å². The lowest BCUT2D eigenvalue weighted by molar-refractivity contribution is 0.187. The molecule has 2 aromatic rings. The third-order valence-corrected chi connectivity index (χ3v) is 6.83. The fraction of sp³-hybridized carbons (Fsp3) is 0.636. The molecule has 0 radical (unpaired) electrons. The molecule has 156 valence electrons. The first-order valence-corrected chi connectivity index (χ1v) is 11.2. The van der Waals surface area contributed by atoms with Gasteiger partial charge in [0.1, 0.15) is 5.82 Å². The summed E-state index contributed by atoms with van der Waals surface area (Å²) >= 11 is 0. The van der Waals surface area contributed by atoms with Crippen molar-refractivity contribution >= 4 is 22.8 Å². The lowest BCUT2D eigenvalue weighted by Gasteiger charge is -2.38. The van der Waals surface area contributed by atoms with Crippen molar-refractivity contribution in [2.24, 2.45) is 0 Å². The molecule has 1 amide bonds. The second-order valence-electron chi connectivity index (χ2n) is 8.74. The molecule has 0 unspecified atom stereocenters. The molecule has 2 saturated carbocycles. The molecular weight excluding hydrogens is 366 g/mol. The predicted molar refractivity (Wildman–Crippen MR) is 114 cm³/mol. The van der Waals surface area contributed by atoms with Crippen molar-refractivity contribution < 1.29 is 9.53 Å². The highest BCUT2D eigenvalue weighted by Crippen LogP contribution is 2.27. The van der Waals surface area contributed by atoms with E-state index in [1.54, 1.807) is 0 Å². The summed E-state index contributed by atoms with van der Waals surface area (Å²) in [7, 11) is 0. The Morgan fingerprint density at radius 3 is 2.52 bits per heavy atom. The van der Waals surface area contributed by atoms with E-state index in [-0.39, 0.29) is 12.1 Å². The first-order valence-electron chi connectivity index (χ1n) is 11.2. The van der Waals surface area contributed by atoms with Gasteiger partial charge in [-0.15, -0.1) is 0 Å². The number of carbonyl (C=O) groups is 1. The number of aromatic nitrogens is 2. The van der Waals surface area contributed by atoms with Gasteiger partial charge in [0, 0.05) is 49.7 Å². The van der Waals surface area contributed by atoms with Gasteiger partial charge in [-0.25, -0.2) is 9.78 Å². The number of hydrogen-bond donors (Lipinski definition) is 2. The number of rotatable bonds is 4. The molecule has 3 aliphatic rings. The van der Waals surface area contributed by atoms with Gasteiger partial charge in [-0.1, -0.05) is 25.7 Å². The van der Waals surface area contributed by atoms with Crippen LogP contribution in [0, 0.1) is 0 Å². The van der Waals surface area contributed by atoms with E-state index in [4.69, 9.17) is 4.74 Å². The van der Waals surface area contributed by atoms with E-state index in [1.807, 2.05) is 12.3 Å². The molecule has 7 nitrogen and oxygen atoms in total. The third-order valence-electron chi connectivity index (χ3n) is 6.83. The number of nitrogens with zero attached hydrogens (tertiary/aromatic N) is 3. The summed E-state index contributed by atoms with van der Waals surface area (Å²) in [5.74, 6) is 1.48. The van der Waals surface area contributed by atoms with Crippen LogP contribution >= 0.6 is 0 Å². The van der Waals surface area contributed by atoms with E-state index in [9.17, 15) is 4.79 Å². The summed E-state index contributed by atoms with van der Waals surface area (Å²) in [6.45, 7) is 4.28. The summed E-state index contributed by atoms with van der Waals surface area (Å²) in [4.78, 5) is 24.9. The maximum absolute atomic E-state index is 12.1. The van der Waals surface area contributed by atoms with Gasteiger partial charge in [-0.3, -0.25) is 4.90 Å². The number of hydrogen-bond acceptors (Lipinski definition) is 5. The van der Waals surface area contributed by atoms with Crippen LogP contribution in [0.3, 0.4) is 0 Å². The van der Waals surface area contributed by atoms with Crippen LogP contribution in [0.2, 0.25) is 0 Å². The molecule has 5 rings (SSSR count). The van der Waals surface area contributed by atoms with Crippen molar-refractivity contribution in [1.29, 1.82) is 0 Å². The monoisotopic (exact) mass is 397 g/mol. The minimum absolute atomic E-state index is 0.253. The number of H-pyrrole nitrogens is 1. The summed E-state index contributed by atoms with van der Waals surface area (Å²) < 4.78 is 5.46. The minimum Gasteiger partial charge on any atom is -0.393 e. The molecule has 29 heavy (non-hydrogen) atoms. The SMILES string of the molecule is O=C(NC1CCCC1)Oc1cc2cc(N3CCN(C4CCCC4)CC3)ncc2[nH]1. The summed E-state index contributed by atoms with van der Waals surface area (Å²) in [5.41, 5.74) is 0.891. The fourth-order valence-electron chi connectivity index (χ4n) is 5.17. The Balaban J connectivity index is 1.21. The summed E-state index contributed by atoms with van der Waals surface area (Å²) in [5, 5.41) is 3.98. The van der Waals surface area contributed by atoms with Crippen LogP contribution < -0.4 is 15.0 Å². The quantitative estimate of drug-likeness (QED) is 0.824. The van der Waals surface area contributed by atoms with E-state index in [1.165, 1.54) is 38.5 Å². The molecule has 0 bridgehead atoms. The van der Waals surface area contributed by atoms with E-state index >= 15 is 0 Å². The van der Waals surface area contributed by atoms with Crippen molar-refractivity contribution in [3.05, 3.63) is 18.3 Å².